The van der Waals surface area contributed by atoms with Crippen molar-refractivity contribution < 1.29 is 9.59 Å². The fourth-order valence-electron chi connectivity index (χ4n) is 2.04. The van der Waals surface area contributed by atoms with Crippen molar-refractivity contribution in [2.24, 2.45) is 0 Å². The van der Waals surface area contributed by atoms with Crippen LogP contribution in [-0.4, -0.2) is 25.0 Å². The molecule has 0 aliphatic rings. The van der Waals surface area contributed by atoms with Crippen molar-refractivity contribution >= 4 is 17.6 Å². The average molecular weight is 311 g/mol. The minimum absolute atomic E-state index is 0.151. The minimum atomic E-state index is -0.290. The first kappa shape index (κ1) is 16.5. The van der Waals surface area contributed by atoms with Crippen molar-refractivity contribution in [1.29, 1.82) is 0 Å². The number of hydrogen-bond donors (Lipinski definition) is 3. The Morgan fingerprint density at radius 1 is 0.870 bits per heavy atom. The zero-order chi connectivity index (χ0) is 16.7. The van der Waals surface area contributed by atoms with E-state index in [9.17, 15) is 9.59 Å². The topological polar surface area (TPSA) is 70.2 Å². The smallest absolute Gasteiger partial charge is 0.319 e. The molecule has 0 aliphatic heterocycles. The molecule has 0 saturated heterocycles. The molecule has 5 heteroatoms. The lowest BCUT2D eigenvalue weighted by Crippen LogP contribution is -2.36. The number of benzene rings is 2. The number of nitrogens with one attached hydrogen (secondary N) is 3. The van der Waals surface area contributed by atoms with Crippen molar-refractivity contribution in [2.75, 3.05) is 18.4 Å². The molecule has 0 saturated carbocycles. The normalized spacial score (nSPS) is 10.0. The monoisotopic (exact) mass is 311 g/mol. The summed E-state index contributed by atoms with van der Waals surface area (Å²) in [6.45, 7) is 4.75. The second kappa shape index (κ2) is 7.98. The number of urea groups is 1. The first-order chi connectivity index (χ1) is 11.1. The van der Waals surface area contributed by atoms with Crippen LogP contribution in [0.4, 0.5) is 10.5 Å². The Hall–Kier alpha value is -2.82. The van der Waals surface area contributed by atoms with Crippen LogP contribution in [0.2, 0.25) is 0 Å². The Bertz CT molecular complexity index is 684. The number of anilines is 1. The molecule has 0 atom stereocenters. The molecule has 0 radical (unpaired) electrons. The summed E-state index contributed by atoms with van der Waals surface area (Å²) >= 11 is 0. The Morgan fingerprint density at radius 3 is 2.26 bits per heavy atom. The standard InChI is InChI=1S/C18H21N3O2/c1-13-8-9-16(12-14(13)2)21-18(23)20-11-10-19-17(22)15-6-4-3-5-7-15/h3-9,12H,10-11H2,1-2H3,(H,19,22)(H2,20,21,23). The van der Waals surface area contributed by atoms with E-state index in [0.29, 0.717) is 18.7 Å². The second-order valence-corrected chi connectivity index (χ2v) is 5.30. The van der Waals surface area contributed by atoms with E-state index in [1.54, 1.807) is 12.1 Å². The summed E-state index contributed by atoms with van der Waals surface area (Å²) in [7, 11) is 0. The van der Waals surface area contributed by atoms with E-state index >= 15 is 0 Å². The van der Waals surface area contributed by atoms with Crippen LogP contribution in [0.1, 0.15) is 21.5 Å². The average Bonchev–Trinajstić information content (AvgIpc) is 2.55. The van der Waals surface area contributed by atoms with Gasteiger partial charge in [-0.3, -0.25) is 4.79 Å². The highest BCUT2D eigenvalue weighted by atomic mass is 16.2. The first-order valence-electron chi connectivity index (χ1n) is 7.51. The second-order valence-electron chi connectivity index (χ2n) is 5.30. The van der Waals surface area contributed by atoms with Crippen LogP contribution in [0.15, 0.2) is 48.5 Å². The van der Waals surface area contributed by atoms with Crippen LogP contribution in [0.3, 0.4) is 0 Å². The molecule has 120 valence electrons. The Kier molecular flexibility index (Phi) is 5.74. The third-order valence-corrected chi connectivity index (χ3v) is 3.50. The van der Waals surface area contributed by atoms with Gasteiger partial charge >= 0.3 is 6.03 Å². The van der Waals surface area contributed by atoms with Crippen LogP contribution in [0, 0.1) is 13.8 Å². The van der Waals surface area contributed by atoms with Crippen molar-refractivity contribution in [1.82, 2.24) is 10.6 Å². The summed E-state index contributed by atoms with van der Waals surface area (Å²) in [6, 6.07) is 14.4. The zero-order valence-corrected chi connectivity index (χ0v) is 13.3. The molecule has 3 N–H and O–H groups in total. The molecule has 2 aromatic rings. The van der Waals surface area contributed by atoms with E-state index in [0.717, 1.165) is 11.3 Å². The maximum atomic E-state index is 11.8. The summed E-state index contributed by atoms with van der Waals surface area (Å²) < 4.78 is 0. The van der Waals surface area contributed by atoms with Crippen LogP contribution in [-0.2, 0) is 0 Å². The van der Waals surface area contributed by atoms with Gasteiger partial charge < -0.3 is 16.0 Å². The number of hydrogen-bond acceptors (Lipinski definition) is 2. The molecule has 0 spiro atoms. The first-order valence-corrected chi connectivity index (χ1v) is 7.51. The molecule has 2 aromatic carbocycles. The third kappa shape index (κ3) is 5.14. The fraction of sp³-hybridized carbons (Fsp3) is 0.222. The van der Waals surface area contributed by atoms with Gasteiger partial charge in [-0.15, -0.1) is 0 Å². The predicted octanol–water partition coefficient (Wildman–Crippen LogP) is 2.85. The summed E-state index contributed by atoms with van der Waals surface area (Å²) in [5.74, 6) is -0.151. The van der Waals surface area contributed by atoms with Gasteiger partial charge in [-0.05, 0) is 49.2 Å². The minimum Gasteiger partial charge on any atom is -0.350 e. The molecule has 0 heterocycles. The molecule has 3 amide bonds. The fourth-order valence-corrected chi connectivity index (χ4v) is 2.04. The van der Waals surface area contributed by atoms with Gasteiger partial charge in [0.15, 0.2) is 0 Å². The molecule has 5 nitrogen and oxygen atoms in total. The highest BCUT2D eigenvalue weighted by molar-refractivity contribution is 5.94. The predicted molar refractivity (Wildman–Crippen MR) is 91.7 cm³/mol. The van der Waals surface area contributed by atoms with Crippen molar-refractivity contribution in [3.8, 4) is 0 Å². The van der Waals surface area contributed by atoms with Crippen LogP contribution < -0.4 is 16.0 Å². The zero-order valence-electron chi connectivity index (χ0n) is 13.3. The van der Waals surface area contributed by atoms with E-state index < -0.39 is 0 Å². The SMILES string of the molecule is Cc1ccc(NC(=O)NCCNC(=O)c2ccccc2)cc1C. The Labute approximate surface area is 136 Å². The van der Waals surface area contributed by atoms with Gasteiger partial charge in [-0.25, -0.2) is 4.79 Å². The molecular formula is C18H21N3O2. The third-order valence-electron chi connectivity index (χ3n) is 3.50. The van der Waals surface area contributed by atoms with E-state index in [2.05, 4.69) is 16.0 Å². The number of carbonyl (C=O) groups excluding carboxylic acids is 2. The number of carbonyl (C=O) groups is 2. The van der Waals surface area contributed by atoms with Crippen molar-refractivity contribution in [2.45, 2.75) is 13.8 Å². The Morgan fingerprint density at radius 2 is 1.57 bits per heavy atom. The summed E-state index contributed by atoms with van der Waals surface area (Å²) in [5, 5.41) is 8.23. The molecule has 0 bridgehead atoms. The lowest BCUT2D eigenvalue weighted by molar-refractivity contribution is 0.0954. The van der Waals surface area contributed by atoms with Gasteiger partial charge in [0, 0.05) is 24.3 Å². The van der Waals surface area contributed by atoms with Gasteiger partial charge in [0.2, 0.25) is 0 Å². The van der Waals surface area contributed by atoms with E-state index in [4.69, 9.17) is 0 Å². The number of rotatable bonds is 5. The van der Waals surface area contributed by atoms with Crippen LogP contribution in [0.5, 0.6) is 0 Å². The number of aryl methyl sites for hydroxylation is 2. The molecule has 0 fully saturated rings. The maximum absolute atomic E-state index is 11.8. The van der Waals surface area contributed by atoms with Crippen LogP contribution >= 0.6 is 0 Å². The van der Waals surface area contributed by atoms with Crippen LogP contribution in [0.25, 0.3) is 0 Å². The molecular weight excluding hydrogens is 290 g/mol. The van der Waals surface area contributed by atoms with Gasteiger partial charge in [-0.2, -0.15) is 0 Å². The molecule has 2 rings (SSSR count). The summed E-state index contributed by atoms with van der Waals surface area (Å²) in [5.41, 5.74) is 3.66. The lowest BCUT2D eigenvalue weighted by atomic mass is 10.1. The lowest BCUT2D eigenvalue weighted by Gasteiger charge is -2.10. The highest BCUT2D eigenvalue weighted by Gasteiger charge is 2.05. The highest BCUT2D eigenvalue weighted by Crippen LogP contribution is 2.13. The van der Waals surface area contributed by atoms with E-state index in [-0.39, 0.29) is 11.9 Å². The number of amides is 3. The quantitative estimate of drug-likeness (QED) is 0.743. The molecule has 23 heavy (non-hydrogen) atoms. The van der Waals surface area contributed by atoms with Gasteiger partial charge in [0.05, 0.1) is 0 Å². The van der Waals surface area contributed by atoms with Gasteiger partial charge in [-0.1, -0.05) is 24.3 Å². The largest absolute Gasteiger partial charge is 0.350 e. The molecule has 0 aliphatic carbocycles. The van der Waals surface area contributed by atoms with Gasteiger partial charge in [0.25, 0.3) is 5.91 Å². The van der Waals surface area contributed by atoms with Crippen molar-refractivity contribution in [3.05, 3.63) is 65.2 Å². The van der Waals surface area contributed by atoms with E-state index in [1.807, 2.05) is 50.2 Å². The Balaban J connectivity index is 1.70. The summed E-state index contributed by atoms with van der Waals surface area (Å²) in [4.78, 5) is 23.6. The molecule has 0 aromatic heterocycles. The summed E-state index contributed by atoms with van der Waals surface area (Å²) in [6.07, 6.45) is 0. The van der Waals surface area contributed by atoms with Gasteiger partial charge in [0.1, 0.15) is 0 Å². The van der Waals surface area contributed by atoms with E-state index in [1.165, 1.54) is 5.56 Å². The van der Waals surface area contributed by atoms with Crippen molar-refractivity contribution in [3.63, 3.8) is 0 Å². The molecule has 0 unspecified atom stereocenters. The maximum Gasteiger partial charge on any atom is 0.319 e.